The van der Waals surface area contributed by atoms with Crippen LogP contribution in [-0.2, 0) is 4.74 Å². The lowest BCUT2D eigenvalue weighted by Gasteiger charge is -2.26. The van der Waals surface area contributed by atoms with Gasteiger partial charge in [-0.25, -0.2) is 0 Å². The highest BCUT2D eigenvalue weighted by Gasteiger charge is 2.33. The largest absolute Gasteiger partial charge is 0.373 e. The predicted octanol–water partition coefficient (Wildman–Crippen LogP) is 2.82. The molecular weight excluding hydrogens is 160 g/mol. The highest BCUT2D eigenvalue weighted by Crippen LogP contribution is 2.33. The van der Waals surface area contributed by atoms with E-state index < -0.39 is 0 Å². The van der Waals surface area contributed by atoms with E-state index in [1.807, 2.05) is 0 Å². The monoisotopic (exact) mass is 176 g/mol. The molecule has 0 N–H and O–H groups in total. The maximum atomic E-state index is 5.74. The van der Waals surface area contributed by atoms with Gasteiger partial charge in [-0.05, 0) is 18.3 Å². The summed E-state index contributed by atoms with van der Waals surface area (Å²) in [4.78, 5) is 0. The summed E-state index contributed by atoms with van der Waals surface area (Å²) in [6.45, 7) is 6.65. The van der Waals surface area contributed by atoms with Gasteiger partial charge in [-0.3, -0.25) is 0 Å². The van der Waals surface area contributed by atoms with Crippen LogP contribution in [0.1, 0.15) is 33.6 Å². The van der Waals surface area contributed by atoms with Gasteiger partial charge in [0.2, 0.25) is 0 Å². The molecule has 1 aliphatic heterocycles. The lowest BCUT2D eigenvalue weighted by molar-refractivity contribution is -0.00681. The van der Waals surface area contributed by atoms with Crippen molar-refractivity contribution < 1.29 is 4.74 Å². The Bertz CT molecular complexity index is 128. The molecular formula is C9H17ClO. The third-order valence-electron chi connectivity index (χ3n) is 2.25. The average Bonchev–Trinajstić information content (AvgIpc) is 2.32. The first kappa shape index (κ1) is 9.34. The van der Waals surface area contributed by atoms with Gasteiger partial charge in [-0.1, -0.05) is 20.8 Å². The Hall–Kier alpha value is 0.250. The summed E-state index contributed by atoms with van der Waals surface area (Å²) in [7, 11) is 0. The average molecular weight is 177 g/mol. The van der Waals surface area contributed by atoms with E-state index in [1.54, 1.807) is 0 Å². The molecule has 0 aliphatic carbocycles. The molecule has 11 heavy (non-hydrogen) atoms. The van der Waals surface area contributed by atoms with E-state index in [9.17, 15) is 0 Å². The van der Waals surface area contributed by atoms with Crippen molar-refractivity contribution in [3.8, 4) is 0 Å². The van der Waals surface area contributed by atoms with E-state index in [2.05, 4.69) is 20.8 Å². The Labute approximate surface area is 74.1 Å². The fraction of sp³-hybridized carbons (Fsp3) is 1.00. The van der Waals surface area contributed by atoms with Crippen molar-refractivity contribution in [1.29, 1.82) is 0 Å². The Morgan fingerprint density at radius 3 is 2.27 bits per heavy atom. The van der Waals surface area contributed by atoms with E-state index in [4.69, 9.17) is 16.3 Å². The molecule has 0 saturated carbocycles. The van der Waals surface area contributed by atoms with Crippen LogP contribution in [-0.4, -0.2) is 18.1 Å². The minimum absolute atomic E-state index is 0.279. The van der Waals surface area contributed by atoms with Gasteiger partial charge in [0.25, 0.3) is 0 Å². The Morgan fingerprint density at radius 1 is 1.36 bits per heavy atom. The summed E-state index contributed by atoms with van der Waals surface area (Å²) in [5, 5.41) is 0. The Morgan fingerprint density at radius 2 is 2.00 bits per heavy atom. The van der Waals surface area contributed by atoms with Gasteiger partial charge >= 0.3 is 0 Å². The van der Waals surface area contributed by atoms with E-state index in [-0.39, 0.29) is 5.41 Å². The molecule has 1 fully saturated rings. The Kier molecular flexibility index (Phi) is 2.82. The maximum Gasteiger partial charge on any atom is 0.0715 e. The zero-order valence-electron chi connectivity index (χ0n) is 7.56. The van der Waals surface area contributed by atoms with Crippen LogP contribution in [0.5, 0.6) is 0 Å². The van der Waals surface area contributed by atoms with Crippen LogP contribution >= 0.6 is 11.6 Å². The highest BCUT2D eigenvalue weighted by molar-refractivity contribution is 6.18. The van der Waals surface area contributed by atoms with Crippen molar-refractivity contribution >= 4 is 11.6 Å². The first-order valence-corrected chi connectivity index (χ1v) is 4.79. The minimum Gasteiger partial charge on any atom is -0.373 e. The molecule has 0 amide bonds. The summed E-state index contributed by atoms with van der Waals surface area (Å²) in [6, 6.07) is 0. The van der Waals surface area contributed by atoms with Crippen LogP contribution in [0.2, 0.25) is 0 Å². The normalized spacial score (nSPS) is 32.7. The zero-order valence-corrected chi connectivity index (χ0v) is 8.32. The number of hydrogen-bond donors (Lipinski definition) is 0. The number of halogens is 1. The molecule has 0 aromatic heterocycles. The number of rotatable bonds is 1. The molecule has 1 nitrogen and oxygen atoms in total. The summed E-state index contributed by atoms with van der Waals surface area (Å²) in [5.41, 5.74) is 0.279. The summed E-state index contributed by atoms with van der Waals surface area (Å²) < 4.78 is 5.74. The summed E-state index contributed by atoms with van der Waals surface area (Å²) >= 11 is 5.70. The topological polar surface area (TPSA) is 9.23 Å². The second-order valence-electron chi connectivity index (χ2n) is 4.34. The van der Waals surface area contributed by atoms with Crippen molar-refractivity contribution in [2.45, 2.75) is 45.8 Å². The second kappa shape index (κ2) is 3.32. The van der Waals surface area contributed by atoms with E-state index in [1.165, 1.54) is 6.42 Å². The summed E-state index contributed by atoms with van der Waals surface area (Å²) in [6.07, 6.45) is 3.01. The van der Waals surface area contributed by atoms with Crippen molar-refractivity contribution in [3.05, 3.63) is 0 Å². The molecule has 1 saturated heterocycles. The van der Waals surface area contributed by atoms with Crippen LogP contribution in [0, 0.1) is 5.41 Å². The molecule has 1 aliphatic rings. The SMILES string of the molecule is CC(C)(C)[C@@H]1CC[C@H](CCl)O1. The van der Waals surface area contributed by atoms with Gasteiger partial charge in [-0.15, -0.1) is 11.6 Å². The first-order valence-electron chi connectivity index (χ1n) is 4.25. The molecule has 0 radical (unpaired) electrons. The lowest BCUT2D eigenvalue weighted by Crippen LogP contribution is -2.26. The van der Waals surface area contributed by atoms with Crippen LogP contribution < -0.4 is 0 Å². The smallest absolute Gasteiger partial charge is 0.0715 e. The van der Waals surface area contributed by atoms with Crippen LogP contribution in [0.3, 0.4) is 0 Å². The molecule has 0 spiro atoms. The third kappa shape index (κ3) is 2.34. The van der Waals surface area contributed by atoms with Crippen LogP contribution in [0.4, 0.5) is 0 Å². The Balaban J connectivity index is 2.42. The quantitative estimate of drug-likeness (QED) is 0.559. The molecule has 0 aromatic carbocycles. The van der Waals surface area contributed by atoms with Gasteiger partial charge in [-0.2, -0.15) is 0 Å². The molecule has 1 heterocycles. The summed E-state index contributed by atoms with van der Waals surface area (Å²) in [5.74, 6) is 0.645. The van der Waals surface area contributed by atoms with Crippen molar-refractivity contribution in [2.75, 3.05) is 5.88 Å². The lowest BCUT2D eigenvalue weighted by atomic mass is 9.87. The fourth-order valence-corrected chi connectivity index (χ4v) is 1.68. The molecule has 1 rings (SSSR count). The third-order valence-corrected chi connectivity index (χ3v) is 2.59. The van der Waals surface area contributed by atoms with Gasteiger partial charge in [0.15, 0.2) is 0 Å². The first-order chi connectivity index (χ1) is 5.04. The van der Waals surface area contributed by atoms with E-state index in [0.29, 0.717) is 18.1 Å². The molecule has 66 valence electrons. The maximum absolute atomic E-state index is 5.74. The highest BCUT2D eigenvalue weighted by atomic mass is 35.5. The molecule has 0 aromatic rings. The van der Waals surface area contributed by atoms with Gasteiger partial charge in [0, 0.05) is 5.88 Å². The molecule has 0 unspecified atom stereocenters. The van der Waals surface area contributed by atoms with Gasteiger partial charge in [0.1, 0.15) is 0 Å². The fourth-order valence-electron chi connectivity index (χ4n) is 1.46. The van der Waals surface area contributed by atoms with Crippen LogP contribution in [0.15, 0.2) is 0 Å². The molecule has 2 atom stereocenters. The predicted molar refractivity (Wildman–Crippen MR) is 48.1 cm³/mol. The van der Waals surface area contributed by atoms with Gasteiger partial charge in [0.05, 0.1) is 12.2 Å². The number of hydrogen-bond acceptors (Lipinski definition) is 1. The van der Waals surface area contributed by atoms with Crippen LogP contribution in [0.25, 0.3) is 0 Å². The minimum atomic E-state index is 0.279. The zero-order chi connectivity index (χ0) is 8.48. The second-order valence-corrected chi connectivity index (χ2v) is 4.65. The number of ether oxygens (including phenoxy) is 1. The van der Waals surface area contributed by atoms with Gasteiger partial charge < -0.3 is 4.74 Å². The number of alkyl halides is 1. The van der Waals surface area contributed by atoms with Crippen molar-refractivity contribution in [3.63, 3.8) is 0 Å². The molecule has 2 heteroatoms. The van der Waals surface area contributed by atoms with E-state index >= 15 is 0 Å². The van der Waals surface area contributed by atoms with E-state index in [0.717, 1.165) is 6.42 Å². The van der Waals surface area contributed by atoms with Crippen molar-refractivity contribution in [2.24, 2.45) is 5.41 Å². The standard InChI is InChI=1S/C9H17ClO/c1-9(2,3)8-5-4-7(6-10)11-8/h7-8H,4-6H2,1-3H3/t7-,8+/m1/s1. The molecule has 0 bridgehead atoms. The van der Waals surface area contributed by atoms with Crippen molar-refractivity contribution in [1.82, 2.24) is 0 Å².